The van der Waals surface area contributed by atoms with Crippen LogP contribution in [0.3, 0.4) is 0 Å². The van der Waals surface area contributed by atoms with Gasteiger partial charge in [0.25, 0.3) is 0 Å². The molecule has 0 fully saturated rings. The Balaban J connectivity index is 3.80. The van der Waals surface area contributed by atoms with Crippen molar-refractivity contribution in [3.05, 3.63) is 0 Å². The summed E-state index contributed by atoms with van der Waals surface area (Å²) in [6.45, 7) is 5.85. The Kier molecular flexibility index (Phi) is 20.5. The quantitative estimate of drug-likeness (QED) is 0.142. The van der Waals surface area contributed by atoms with Gasteiger partial charge in [0.05, 0.1) is 0 Å². The van der Waals surface area contributed by atoms with Gasteiger partial charge in [-0.3, -0.25) is 0 Å². The maximum Gasteiger partial charge on any atom is 0.405 e. The molecule has 0 bridgehead atoms. The fourth-order valence-electron chi connectivity index (χ4n) is 3.69. The minimum atomic E-state index is -3.60. The van der Waals surface area contributed by atoms with E-state index >= 15 is 0 Å². The van der Waals surface area contributed by atoms with Gasteiger partial charge in [0.15, 0.2) is 0 Å². The summed E-state index contributed by atoms with van der Waals surface area (Å²) in [6.07, 6.45) is 22.7. The first-order chi connectivity index (χ1) is 13.6. The van der Waals surface area contributed by atoms with E-state index < -0.39 is 7.75 Å². The van der Waals surface area contributed by atoms with E-state index in [1.807, 2.05) is 0 Å². The fraction of sp³-hybridized carbons (Fsp3) is 1.00. The summed E-state index contributed by atoms with van der Waals surface area (Å²) < 4.78 is 18.9. The highest BCUT2D eigenvalue weighted by Crippen LogP contribution is 2.45. The Labute approximate surface area is 176 Å². The van der Waals surface area contributed by atoms with Crippen molar-refractivity contribution in [1.29, 1.82) is 0 Å². The van der Waals surface area contributed by atoms with Crippen LogP contribution in [0.15, 0.2) is 0 Å². The molecule has 170 valence electrons. The average molecular weight is 420 g/mol. The van der Waals surface area contributed by atoms with Crippen molar-refractivity contribution in [2.75, 3.05) is 20.2 Å². The molecule has 28 heavy (non-hydrogen) atoms. The monoisotopic (exact) mass is 419 g/mol. The molecule has 0 aromatic carbocycles. The van der Waals surface area contributed by atoms with Crippen LogP contribution >= 0.6 is 7.75 Å². The minimum Gasteiger partial charge on any atom is -0.312 e. The Morgan fingerprint density at radius 1 is 0.607 bits per heavy atom. The van der Waals surface area contributed by atoms with Crippen LogP contribution in [-0.2, 0) is 9.09 Å². The molecule has 0 aromatic rings. The summed E-state index contributed by atoms with van der Waals surface area (Å²) in [5.41, 5.74) is 0. The molecular weight excluding hydrogens is 369 g/mol. The van der Waals surface area contributed by atoms with E-state index in [0.29, 0.717) is 13.1 Å². The molecule has 0 aliphatic carbocycles. The number of unbranched alkanes of at least 4 members (excludes halogenated alkanes) is 16. The normalized spacial score (nSPS) is 13.9. The molecule has 1 atom stereocenters. The van der Waals surface area contributed by atoms with Crippen LogP contribution in [0.4, 0.5) is 0 Å². The summed E-state index contributed by atoms with van der Waals surface area (Å²) in [4.78, 5) is 10.1. The second kappa shape index (κ2) is 20.4. The highest BCUT2D eigenvalue weighted by molar-refractivity contribution is 7.50. The lowest BCUT2D eigenvalue weighted by molar-refractivity contribution is 0.230. The van der Waals surface area contributed by atoms with Crippen molar-refractivity contribution in [3.8, 4) is 0 Å². The lowest BCUT2D eigenvalue weighted by Crippen LogP contribution is -2.23. The van der Waals surface area contributed by atoms with Gasteiger partial charge >= 0.3 is 7.75 Å². The molecule has 0 saturated carbocycles. The zero-order valence-electron chi connectivity index (χ0n) is 19.3. The maximum absolute atomic E-state index is 12.3. The van der Waals surface area contributed by atoms with Gasteiger partial charge in [-0.15, -0.1) is 0 Å². The topological polar surface area (TPSA) is 49.8 Å². The Hall–Kier alpha value is 0.110. The summed E-state index contributed by atoms with van der Waals surface area (Å²) in [5.74, 6) is 0. The highest BCUT2D eigenvalue weighted by Gasteiger charge is 2.27. The van der Waals surface area contributed by atoms with Crippen molar-refractivity contribution in [1.82, 2.24) is 4.67 Å². The molecule has 0 saturated heterocycles. The summed E-state index contributed by atoms with van der Waals surface area (Å²) in [6, 6.07) is 0. The molecule has 4 nitrogen and oxygen atoms in total. The van der Waals surface area contributed by atoms with Crippen molar-refractivity contribution in [3.63, 3.8) is 0 Å². The van der Waals surface area contributed by atoms with Gasteiger partial charge in [-0.25, -0.2) is 9.24 Å². The van der Waals surface area contributed by atoms with Crippen LogP contribution < -0.4 is 0 Å². The molecule has 0 heterocycles. The zero-order chi connectivity index (χ0) is 20.9. The SMILES string of the molecule is CCCCCCCCCCCN(CCCCCCCCCCC)P(=O)(O)OC. The predicted molar refractivity (Wildman–Crippen MR) is 123 cm³/mol. The predicted octanol–water partition coefficient (Wildman–Crippen LogP) is 8.10. The molecule has 0 radical (unpaired) electrons. The van der Waals surface area contributed by atoms with E-state index in [9.17, 15) is 9.46 Å². The maximum atomic E-state index is 12.3. The van der Waals surface area contributed by atoms with Crippen LogP contribution in [-0.4, -0.2) is 29.8 Å². The second-order valence-corrected chi connectivity index (χ2v) is 10.2. The van der Waals surface area contributed by atoms with Crippen LogP contribution in [0.1, 0.15) is 129 Å². The fourth-order valence-corrected chi connectivity index (χ4v) is 4.71. The minimum absolute atomic E-state index is 0.675. The number of hydrogen-bond acceptors (Lipinski definition) is 2. The van der Waals surface area contributed by atoms with Crippen molar-refractivity contribution in [2.24, 2.45) is 0 Å². The van der Waals surface area contributed by atoms with Gasteiger partial charge < -0.3 is 9.42 Å². The molecule has 0 rings (SSSR count). The average Bonchev–Trinajstić information content (AvgIpc) is 2.69. The van der Waals surface area contributed by atoms with Crippen LogP contribution in [0.5, 0.6) is 0 Å². The van der Waals surface area contributed by atoms with Crippen molar-refractivity contribution >= 4 is 7.75 Å². The molecule has 1 N–H and O–H groups in total. The van der Waals surface area contributed by atoms with Gasteiger partial charge in [-0.05, 0) is 12.8 Å². The third-order valence-corrected chi connectivity index (χ3v) is 7.23. The molecule has 0 aliphatic rings. The van der Waals surface area contributed by atoms with E-state index in [-0.39, 0.29) is 0 Å². The Bertz CT molecular complexity index is 344. The zero-order valence-corrected chi connectivity index (χ0v) is 20.2. The number of hydrogen-bond donors (Lipinski definition) is 1. The lowest BCUT2D eigenvalue weighted by atomic mass is 10.1. The first-order valence-corrected chi connectivity index (χ1v) is 13.8. The van der Waals surface area contributed by atoms with E-state index in [2.05, 4.69) is 13.8 Å². The third kappa shape index (κ3) is 17.0. The summed E-state index contributed by atoms with van der Waals surface area (Å²) >= 11 is 0. The van der Waals surface area contributed by atoms with E-state index in [0.717, 1.165) is 25.7 Å². The molecule has 0 spiro atoms. The van der Waals surface area contributed by atoms with Gasteiger partial charge in [0, 0.05) is 20.2 Å². The van der Waals surface area contributed by atoms with Gasteiger partial charge in [-0.2, -0.15) is 0 Å². The molecule has 0 aromatic heterocycles. The van der Waals surface area contributed by atoms with Gasteiger partial charge in [0.1, 0.15) is 0 Å². The van der Waals surface area contributed by atoms with Crippen molar-refractivity contribution < 1.29 is 14.0 Å². The Morgan fingerprint density at radius 2 is 0.893 bits per heavy atom. The largest absolute Gasteiger partial charge is 0.405 e. The smallest absolute Gasteiger partial charge is 0.312 e. The van der Waals surface area contributed by atoms with Gasteiger partial charge in [0.2, 0.25) is 0 Å². The van der Waals surface area contributed by atoms with Crippen LogP contribution in [0, 0.1) is 0 Å². The van der Waals surface area contributed by atoms with E-state index in [4.69, 9.17) is 4.52 Å². The lowest BCUT2D eigenvalue weighted by Gasteiger charge is -2.25. The van der Waals surface area contributed by atoms with E-state index in [1.165, 1.54) is 97.0 Å². The molecule has 1 unspecified atom stereocenters. The number of nitrogens with zero attached hydrogens (tertiary/aromatic N) is 1. The molecular formula is C23H50NO3P. The summed E-state index contributed by atoms with van der Waals surface area (Å²) in [7, 11) is -2.25. The summed E-state index contributed by atoms with van der Waals surface area (Å²) in [5, 5.41) is 0. The molecule has 0 amide bonds. The highest BCUT2D eigenvalue weighted by atomic mass is 31.2. The Morgan fingerprint density at radius 3 is 1.18 bits per heavy atom. The van der Waals surface area contributed by atoms with Crippen molar-refractivity contribution in [2.45, 2.75) is 129 Å². The molecule has 0 aliphatic heterocycles. The molecule has 5 heteroatoms. The number of rotatable bonds is 22. The first-order valence-electron chi connectivity index (χ1n) is 12.2. The van der Waals surface area contributed by atoms with E-state index in [1.54, 1.807) is 4.67 Å². The third-order valence-electron chi connectivity index (χ3n) is 5.63. The second-order valence-electron chi connectivity index (χ2n) is 8.28. The first kappa shape index (κ1) is 28.1. The van der Waals surface area contributed by atoms with Gasteiger partial charge in [-0.1, -0.05) is 117 Å². The van der Waals surface area contributed by atoms with Crippen LogP contribution in [0.2, 0.25) is 0 Å². The standard InChI is InChI=1S/C23H50NO3P/c1-4-6-8-10-12-14-16-18-20-22-24(28(25,26)27-3)23-21-19-17-15-13-11-9-7-5-2/h4-23H2,1-3H3,(H,25,26). The van der Waals surface area contributed by atoms with Crippen LogP contribution in [0.25, 0.3) is 0 Å².